The standard InChI is InChI=1S/C14H17BrN2O/c1-10-14(15)13(17(2)16-10)8-12(9-18)11-6-4-3-5-7-11/h3-7,12,18H,8-9H2,1-2H3. The maximum atomic E-state index is 9.58. The molecule has 1 atom stereocenters. The molecule has 18 heavy (non-hydrogen) atoms. The van der Waals surface area contributed by atoms with Crippen LogP contribution in [0.4, 0.5) is 0 Å². The minimum atomic E-state index is 0.109. The number of rotatable bonds is 4. The molecule has 0 aliphatic rings. The molecular formula is C14H17BrN2O. The Kier molecular flexibility index (Phi) is 4.19. The highest BCUT2D eigenvalue weighted by Crippen LogP contribution is 2.26. The summed E-state index contributed by atoms with van der Waals surface area (Å²) in [5.74, 6) is 0.109. The smallest absolute Gasteiger partial charge is 0.0738 e. The molecule has 4 heteroatoms. The number of nitrogens with zero attached hydrogens (tertiary/aromatic N) is 2. The summed E-state index contributed by atoms with van der Waals surface area (Å²) < 4.78 is 2.92. The second kappa shape index (κ2) is 5.67. The monoisotopic (exact) mass is 308 g/mol. The molecule has 0 saturated carbocycles. The van der Waals surface area contributed by atoms with Gasteiger partial charge in [-0.3, -0.25) is 4.68 Å². The summed E-state index contributed by atoms with van der Waals surface area (Å²) in [4.78, 5) is 0. The van der Waals surface area contributed by atoms with Crippen molar-refractivity contribution in [1.29, 1.82) is 0 Å². The van der Waals surface area contributed by atoms with Crippen LogP contribution in [0.25, 0.3) is 0 Å². The van der Waals surface area contributed by atoms with E-state index in [-0.39, 0.29) is 12.5 Å². The molecule has 2 aromatic rings. The molecular weight excluding hydrogens is 292 g/mol. The van der Waals surface area contributed by atoms with E-state index in [0.29, 0.717) is 0 Å². The first kappa shape index (κ1) is 13.3. The van der Waals surface area contributed by atoms with E-state index in [0.717, 1.165) is 27.8 Å². The topological polar surface area (TPSA) is 38.0 Å². The van der Waals surface area contributed by atoms with Crippen molar-refractivity contribution in [3.8, 4) is 0 Å². The Morgan fingerprint density at radius 3 is 2.50 bits per heavy atom. The number of halogens is 1. The van der Waals surface area contributed by atoms with Gasteiger partial charge in [0.1, 0.15) is 0 Å². The van der Waals surface area contributed by atoms with Gasteiger partial charge in [0.15, 0.2) is 0 Å². The summed E-state index contributed by atoms with van der Waals surface area (Å²) in [6, 6.07) is 10.1. The molecule has 0 amide bonds. The minimum Gasteiger partial charge on any atom is -0.396 e. The molecule has 2 rings (SSSR count). The van der Waals surface area contributed by atoms with E-state index >= 15 is 0 Å². The van der Waals surface area contributed by atoms with E-state index < -0.39 is 0 Å². The van der Waals surface area contributed by atoms with Crippen molar-refractivity contribution < 1.29 is 5.11 Å². The van der Waals surface area contributed by atoms with Crippen LogP contribution >= 0.6 is 15.9 Å². The Morgan fingerprint density at radius 1 is 1.33 bits per heavy atom. The number of hydrogen-bond donors (Lipinski definition) is 1. The fraction of sp³-hybridized carbons (Fsp3) is 0.357. The Balaban J connectivity index is 2.26. The molecule has 0 saturated heterocycles. The fourth-order valence-electron chi connectivity index (χ4n) is 2.15. The van der Waals surface area contributed by atoms with Gasteiger partial charge in [-0.1, -0.05) is 30.3 Å². The third-order valence-electron chi connectivity index (χ3n) is 3.19. The molecule has 1 aromatic carbocycles. The van der Waals surface area contributed by atoms with Crippen LogP contribution in [0.3, 0.4) is 0 Å². The number of hydrogen-bond acceptors (Lipinski definition) is 2. The van der Waals surface area contributed by atoms with E-state index in [9.17, 15) is 5.11 Å². The molecule has 1 N–H and O–H groups in total. The van der Waals surface area contributed by atoms with E-state index in [1.165, 1.54) is 0 Å². The number of aromatic nitrogens is 2. The number of aliphatic hydroxyl groups is 1. The van der Waals surface area contributed by atoms with Crippen molar-refractivity contribution in [2.75, 3.05) is 6.61 Å². The van der Waals surface area contributed by atoms with Crippen LogP contribution in [-0.2, 0) is 13.5 Å². The van der Waals surface area contributed by atoms with Crippen LogP contribution < -0.4 is 0 Å². The van der Waals surface area contributed by atoms with Gasteiger partial charge in [0.25, 0.3) is 0 Å². The summed E-state index contributed by atoms with van der Waals surface area (Å²) in [7, 11) is 1.94. The second-order valence-corrected chi connectivity index (χ2v) is 5.26. The van der Waals surface area contributed by atoms with Gasteiger partial charge >= 0.3 is 0 Å². The van der Waals surface area contributed by atoms with Crippen molar-refractivity contribution in [2.24, 2.45) is 7.05 Å². The SMILES string of the molecule is Cc1nn(C)c(CC(CO)c2ccccc2)c1Br. The first-order chi connectivity index (χ1) is 8.63. The molecule has 96 valence electrons. The maximum Gasteiger partial charge on any atom is 0.0738 e. The highest BCUT2D eigenvalue weighted by molar-refractivity contribution is 9.10. The predicted octanol–water partition coefficient (Wildman–Crippen LogP) is 2.81. The van der Waals surface area contributed by atoms with Gasteiger partial charge in [-0.05, 0) is 34.8 Å². The van der Waals surface area contributed by atoms with Crippen molar-refractivity contribution in [1.82, 2.24) is 9.78 Å². The number of aryl methyl sites for hydroxylation is 2. The van der Waals surface area contributed by atoms with Gasteiger partial charge < -0.3 is 5.11 Å². The molecule has 0 aliphatic heterocycles. The van der Waals surface area contributed by atoms with Crippen LogP contribution in [0.2, 0.25) is 0 Å². The summed E-state index contributed by atoms with van der Waals surface area (Å²) in [5.41, 5.74) is 3.26. The van der Waals surface area contributed by atoms with Crippen molar-refractivity contribution in [3.05, 3.63) is 51.8 Å². The average Bonchev–Trinajstić information content (AvgIpc) is 2.62. The lowest BCUT2D eigenvalue weighted by Gasteiger charge is -2.15. The predicted molar refractivity (Wildman–Crippen MR) is 75.6 cm³/mol. The molecule has 0 fully saturated rings. The molecule has 0 bridgehead atoms. The van der Waals surface area contributed by atoms with Gasteiger partial charge in [-0.25, -0.2) is 0 Å². The average molecular weight is 309 g/mol. The van der Waals surface area contributed by atoms with Crippen LogP contribution in [0.1, 0.15) is 22.9 Å². The molecule has 0 spiro atoms. The van der Waals surface area contributed by atoms with E-state index in [1.54, 1.807) is 0 Å². The molecule has 0 aliphatic carbocycles. The van der Waals surface area contributed by atoms with Gasteiger partial charge in [-0.15, -0.1) is 0 Å². The zero-order valence-corrected chi connectivity index (χ0v) is 12.2. The first-order valence-electron chi connectivity index (χ1n) is 5.97. The Hall–Kier alpha value is -1.13. The highest BCUT2D eigenvalue weighted by Gasteiger charge is 2.17. The second-order valence-electron chi connectivity index (χ2n) is 4.46. The van der Waals surface area contributed by atoms with Gasteiger partial charge in [0, 0.05) is 13.0 Å². The fourth-order valence-corrected chi connectivity index (χ4v) is 2.65. The Bertz CT molecular complexity index is 522. The number of aliphatic hydroxyl groups excluding tert-OH is 1. The van der Waals surface area contributed by atoms with Gasteiger partial charge in [0.05, 0.1) is 22.5 Å². The van der Waals surface area contributed by atoms with Crippen molar-refractivity contribution in [2.45, 2.75) is 19.3 Å². The largest absolute Gasteiger partial charge is 0.396 e. The van der Waals surface area contributed by atoms with E-state index in [2.05, 4.69) is 33.2 Å². The zero-order valence-electron chi connectivity index (χ0n) is 10.6. The molecule has 1 heterocycles. The lowest BCUT2D eigenvalue weighted by Crippen LogP contribution is -2.11. The normalized spacial score (nSPS) is 12.7. The Morgan fingerprint density at radius 2 is 2.00 bits per heavy atom. The van der Waals surface area contributed by atoms with Crippen LogP contribution in [0.15, 0.2) is 34.8 Å². The van der Waals surface area contributed by atoms with Crippen LogP contribution in [0, 0.1) is 6.92 Å². The third kappa shape index (κ3) is 2.65. The van der Waals surface area contributed by atoms with Crippen LogP contribution in [-0.4, -0.2) is 21.5 Å². The first-order valence-corrected chi connectivity index (χ1v) is 6.76. The van der Waals surface area contributed by atoms with Crippen molar-refractivity contribution >= 4 is 15.9 Å². The van der Waals surface area contributed by atoms with Crippen LogP contribution in [0.5, 0.6) is 0 Å². The molecule has 1 aromatic heterocycles. The van der Waals surface area contributed by atoms with Crippen molar-refractivity contribution in [3.63, 3.8) is 0 Å². The maximum absolute atomic E-state index is 9.58. The summed E-state index contributed by atoms with van der Waals surface area (Å²) in [5, 5.41) is 14.0. The summed E-state index contributed by atoms with van der Waals surface area (Å²) in [6.45, 7) is 2.12. The minimum absolute atomic E-state index is 0.109. The van der Waals surface area contributed by atoms with Gasteiger partial charge in [-0.2, -0.15) is 5.10 Å². The third-order valence-corrected chi connectivity index (χ3v) is 4.22. The molecule has 0 radical (unpaired) electrons. The highest BCUT2D eigenvalue weighted by atomic mass is 79.9. The van der Waals surface area contributed by atoms with E-state index in [4.69, 9.17) is 0 Å². The molecule has 1 unspecified atom stereocenters. The zero-order chi connectivity index (χ0) is 13.1. The lowest BCUT2D eigenvalue weighted by atomic mass is 9.95. The quantitative estimate of drug-likeness (QED) is 0.943. The lowest BCUT2D eigenvalue weighted by molar-refractivity contribution is 0.263. The summed E-state index contributed by atoms with van der Waals surface area (Å²) >= 11 is 3.57. The summed E-state index contributed by atoms with van der Waals surface area (Å²) in [6.07, 6.45) is 0.776. The molecule has 3 nitrogen and oxygen atoms in total. The number of benzene rings is 1. The van der Waals surface area contributed by atoms with E-state index in [1.807, 2.05) is 36.9 Å². The Labute approximate surface area is 116 Å². The van der Waals surface area contributed by atoms with Gasteiger partial charge in [0.2, 0.25) is 0 Å².